The zero-order chi connectivity index (χ0) is 14.5. The maximum Gasteiger partial charge on any atom is 0.231 e. The van der Waals surface area contributed by atoms with Gasteiger partial charge in [-0.1, -0.05) is 54.9 Å². The third kappa shape index (κ3) is 3.40. The van der Waals surface area contributed by atoms with Gasteiger partial charge in [0.1, 0.15) is 0 Å². The van der Waals surface area contributed by atoms with Gasteiger partial charge in [0.15, 0.2) is 0 Å². The second-order valence-corrected chi connectivity index (χ2v) is 5.25. The zero-order valence-corrected chi connectivity index (χ0v) is 12.4. The number of anilines is 1. The molecule has 0 aliphatic rings. The molecule has 0 radical (unpaired) electrons. The van der Waals surface area contributed by atoms with Crippen molar-refractivity contribution in [1.29, 1.82) is 0 Å². The molecular weight excluding hydrogens is 270 g/mol. The predicted octanol–water partition coefficient (Wildman–Crippen LogP) is 4.78. The lowest BCUT2D eigenvalue weighted by atomic mass is 9.95. The van der Waals surface area contributed by atoms with Gasteiger partial charge in [-0.3, -0.25) is 4.79 Å². The number of carbonyl (C=O) groups excluding carboxylic acids is 1. The van der Waals surface area contributed by atoms with Crippen molar-refractivity contribution in [2.24, 2.45) is 0 Å². The van der Waals surface area contributed by atoms with E-state index < -0.39 is 0 Å². The van der Waals surface area contributed by atoms with Crippen molar-refractivity contribution in [3.8, 4) is 0 Å². The van der Waals surface area contributed by atoms with Crippen molar-refractivity contribution in [2.45, 2.75) is 26.2 Å². The molecule has 0 aromatic heterocycles. The molecule has 20 heavy (non-hydrogen) atoms. The quantitative estimate of drug-likeness (QED) is 0.861. The highest BCUT2D eigenvalue weighted by atomic mass is 35.5. The molecule has 2 aromatic carbocycles. The highest BCUT2D eigenvalue weighted by Gasteiger charge is 2.19. The van der Waals surface area contributed by atoms with Gasteiger partial charge in [-0.2, -0.15) is 0 Å². The Morgan fingerprint density at radius 3 is 2.50 bits per heavy atom. The van der Waals surface area contributed by atoms with Crippen LogP contribution in [0.2, 0.25) is 5.02 Å². The van der Waals surface area contributed by atoms with E-state index >= 15 is 0 Å². The van der Waals surface area contributed by atoms with E-state index in [0.29, 0.717) is 10.7 Å². The van der Waals surface area contributed by atoms with Crippen molar-refractivity contribution in [3.05, 3.63) is 64.7 Å². The predicted molar refractivity (Wildman–Crippen MR) is 84.3 cm³/mol. The van der Waals surface area contributed by atoms with Crippen LogP contribution >= 0.6 is 11.6 Å². The van der Waals surface area contributed by atoms with Crippen LogP contribution < -0.4 is 5.32 Å². The van der Waals surface area contributed by atoms with Gasteiger partial charge < -0.3 is 5.32 Å². The average Bonchev–Trinajstić information content (AvgIpc) is 2.44. The molecule has 0 aliphatic carbocycles. The van der Waals surface area contributed by atoms with E-state index in [-0.39, 0.29) is 11.8 Å². The van der Waals surface area contributed by atoms with Gasteiger partial charge in [-0.25, -0.2) is 0 Å². The summed E-state index contributed by atoms with van der Waals surface area (Å²) < 4.78 is 0. The third-order valence-corrected chi connectivity index (χ3v) is 3.62. The lowest BCUT2D eigenvalue weighted by Crippen LogP contribution is -2.20. The normalized spacial score (nSPS) is 11.9. The van der Waals surface area contributed by atoms with E-state index in [1.54, 1.807) is 0 Å². The summed E-state index contributed by atoms with van der Waals surface area (Å²) in [5, 5.41) is 3.49. The second kappa shape index (κ2) is 6.58. The Bertz CT molecular complexity index is 595. The van der Waals surface area contributed by atoms with Crippen LogP contribution in [-0.2, 0) is 4.79 Å². The first kappa shape index (κ1) is 14.6. The van der Waals surface area contributed by atoms with Crippen molar-refractivity contribution in [2.75, 3.05) is 5.32 Å². The van der Waals surface area contributed by atoms with Gasteiger partial charge in [0.25, 0.3) is 0 Å². The summed E-state index contributed by atoms with van der Waals surface area (Å²) in [4.78, 5) is 12.4. The van der Waals surface area contributed by atoms with Gasteiger partial charge in [-0.15, -0.1) is 0 Å². The summed E-state index contributed by atoms with van der Waals surface area (Å²) in [6.45, 7) is 3.98. The number of nitrogens with one attached hydrogen (secondary N) is 1. The molecule has 1 atom stereocenters. The maximum absolute atomic E-state index is 12.4. The molecule has 2 aromatic rings. The zero-order valence-electron chi connectivity index (χ0n) is 11.7. The number of rotatable bonds is 4. The van der Waals surface area contributed by atoms with Gasteiger partial charge in [0.2, 0.25) is 5.91 Å². The van der Waals surface area contributed by atoms with E-state index in [1.165, 1.54) is 0 Å². The SMILES string of the molecule is CC[C@H](C(=O)Nc1ccc(C)cc1Cl)c1ccccc1. The van der Waals surface area contributed by atoms with Crippen molar-refractivity contribution in [1.82, 2.24) is 0 Å². The summed E-state index contributed by atoms with van der Waals surface area (Å²) in [7, 11) is 0. The summed E-state index contributed by atoms with van der Waals surface area (Å²) in [6.07, 6.45) is 0.749. The molecule has 0 bridgehead atoms. The number of aryl methyl sites for hydroxylation is 1. The maximum atomic E-state index is 12.4. The molecule has 0 unspecified atom stereocenters. The lowest BCUT2D eigenvalue weighted by molar-refractivity contribution is -0.117. The smallest absolute Gasteiger partial charge is 0.231 e. The summed E-state index contributed by atoms with van der Waals surface area (Å²) >= 11 is 6.15. The van der Waals surface area contributed by atoms with Gasteiger partial charge in [0, 0.05) is 0 Å². The molecule has 0 saturated carbocycles. The molecule has 3 heteroatoms. The first-order valence-corrected chi connectivity index (χ1v) is 7.11. The molecule has 2 nitrogen and oxygen atoms in total. The van der Waals surface area contributed by atoms with Crippen LogP contribution in [0.4, 0.5) is 5.69 Å². The van der Waals surface area contributed by atoms with Crippen LogP contribution in [-0.4, -0.2) is 5.91 Å². The fourth-order valence-electron chi connectivity index (χ4n) is 2.20. The van der Waals surface area contributed by atoms with Crippen molar-refractivity contribution in [3.63, 3.8) is 0 Å². The monoisotopic (exact) mass is 287 g/mol. The minimum absolute atomic E-state index is 0.0237. The number of hydrogen-bond acceptors (Lipinski definition) is 1. The fourth-order valence-corrected chi connectivity index (χ4v) is 2.48. The molecule has 104 valence electrons. The molecule has 0 spiro atoms. The molecule has 0 aliphatic heterocycles. The van der Waals surface area contributed by atoms with Crippen LogP contribution in [0, 0.1) is 6.92 Å². The largest absolute Gasteiger partial charge is 0.324 e. The number of hydrogen-bond donors (Lipinski definition) is 1. The molecule has 1 amide bonds. The van der Waals surface area contributed by atoms with Crippen LogP contribution in [0.25, 0.3) is 0 Å². The van der Waals surface area contributed by atoms with E-state index in [9.17, 15) is 4.79 Å². The molecule has 0 saturated heterocycles. The molecule has 0 heterocycles. The Morgan fingerprint density at radius 1 is 1.20 bits per heavy atom. The van der Waals surface area contributed by atoms with Crippen molar-refractivity contribution < 1.29 is 4.79 Å². The lowest BCUT2D eigenvalue weighted by Gasteiger charge is -2.16. The Balaban J connectivity index is 2.18. The summed E-state index contributed by atoms with van der Waals surface area (Å²) in [5.41, 5.74) is 2.76. The molecule has 2 rings (SSSR count). The fraction of sp³-hybridized carbons (Fsp3) is 0.235. The first-order chi connectivity index (χ1) is 9.61. The number of carbonyl (C=O) groups is 1. The summed E-state index contributed by atoms with van der Waals surface area (Å²) in [5.74, 6) is -0.182. The Morgan fingerprint density at radius 2 is 1.90 bits per heavy atom. The van der Waals surface area contributed by atoms with Crippen LogP contribution in [0.15, 0.2) is 48.5 Å². The second-order valence-electron chi connectivity index (χ2n) is 4.84. The average molecular weight is 288 g/mol. The van der Waals surface area contributed by atoms with E-state index in [2.05, 4.69) is 5.32 Å². The minimum Gasteiger partial charge on any atom is -0.324 e. The van der Waals surface area contributed by atoms with Crippen LogP contribution in [0.1, 0.15) is 30.4 Å². The topological polar surface area (TPSA) is 29.1 Å². The third-order valence-electron chi connectivity index (χ3n) is 3.31. The summed E-state index contributed by atoms with van der Waals surface area (Å²) in [6, 6.07) is 15.4. The van der Waals surface area contributed by atoms with Crippen LogP contribution in [0.3, 0.4) is 0 Å². The molecule has 0 fully saturated rings. The van der Waals surface area contributed by atoms with E-state index in [1.807, 2.05) is 62.4 Å². The number of halogens is 1. The Hall–Kier alpha value is -1.80. The number of amides is 1. The molecular formula is C17H18ClNO. The van der Waals surface area contributed by atoms with Gasteiger partial charge >= 0.3 is 0 Å². The van der Waals surface area contributed by atoms with Gasteiger partial charge in [0.05, 0.1) is 16.6 Å². The highest BCUT2D eigenvalue weighted by molar-refractivity contribution is 6.33. The van der Waals surface area contributed by atoms with Crippen molar-refractivity contribution >= 4 is 23.2 Å². The highest BCUT2D eigenvalue weighted by Crippen LogP contribution is 2.26. The van der Waals surface area contributed by atoms with E-state index in [4.69, 9.17) is 11.6 Å². The number of benzene rings is 2. The Labute approximate surface area is 124 Å². The minimum atomic E-state index is -0.159. The van der Waals surface area contributed by atoms with Gasteiger partial charge in [-0.05, 0) is 36.6 Å². The standard InChI is InChI=1S/C17H18ClNO/c1-3-14(13-7-5-4-6-8-13)17(20)19-16-10-9-12(2)11-15(16)18/h4-11,14H,3H2,1-2H3,(H,19,20)/t14-/m0/s1. The molecule has 1 N–H and O–H groups in total. The van der Waals surface area contributed by atoms with Crippen LogP contribution in [0.5, 0.6) is 0 Å². The Kier molecular flexibility index (Phi) is 4.80. The van der Waals surface area contributed by atoms with E-state index in [0.717, 1.165) is 17.5 Å². The first-order valence-electron chi connectivity index (χ1n) is 6.73.